The van der Waals surface area contributed by atoms with Gasteiger partial charge in [-0.15, -0.1) is 0 Å². The van der Waals surface area contributed by atoms with E-state index >= 15 is 0 Å². The van der Waals surface area contributed by atoms with Crippen LogP contribution in [0.25, 0.3) is 22.2 Å². The molecule has 0 saturated heterocycles. The summed E-state index contributed by atoms with van der Waals surface area (Å²) in [7, 11) is 0. The highest BCUT2D eigenvalue weighted by atomic mass is 35.5. The lowest BCUT2D eigenvalue weighted by atomic mass is 10.1. The van der Waals surface area contributed by atoms with Crippen molar-refractivity contribution in [2.24, 2.45) is 0 Å². The summed E-state index contributed by atoms with van der Waals surface area (Å²) in [4.78, 5) is 35.6. The maximum absolute atomic E-state index is 13.6. The van der Waals surface area contributed by atoms with E-state index < -0.39 is 0 Å². The highest BCUT2D eigenvalue weighted by Crippen LogP contribution is 2.27. The third-order valence-electron chi connectivity index (χ3n) is 5.83. The zero-order valence-corrected chi connectivity index (χ0v) is 20.4. The third kappa shape index (κ3) is 4.02. The minimum absolute atomic E-state index is 0.144. The number of hydrogen-bond donors (Lipinski definition) is 0. The number of benzene rings is 2. The summed E-state index contributed by atoms with van der Waals surface area (Å²) in [6.07, 6.45) is 1.77. The van der Waals surface area contributed by atoms with E-state index in [0.29, 0.717) is 38.2 Å². The molecule has 0 N–H and O–H groups in total. The molecular formula is C26H21ClN4O2S. The Morgan fingerprint density at radius 2 is 1.79 bits per heavy atom. The van der Waals surface area contributed by atoms with Gasteiger partial charge in [-0.3, -0.25) is 18.6 Å². The van der Waals surface area contributed by atoms with E-state index in [1.54, 1.807) is 29.0 Å². The number of fused-ring (bicyclic) bond motifs is 2. The Hall–Kier alpha value is -3.42. The van der Waals surface area contributed by atoms with Crippen LogP contribution >= 0.6 is 23.4 Å². The molecule has 6 nitrogen and oxygen atoms in total. The van der Waals surface area contributed by atoms with Crippen LogP contribution in [0.1, 0.15) is 22.4 Å². The first-order chi connectivity index (χ1) is 16.3. The summed E-state index contributed by atoms with van der Waals surface area (Å²) in [5.74, 6) is 0.378. The average molecular weight is 489 g/mol. The highest BCUT2D eigenvalue weighted by molar-refractivity contribution is 7.98. The number of thioether (sulfide) groups is 1. The molecular weight excluding hydrogens is 468 g/mol. The minimum atomic E-state index is -0.167. The Bertz CT molecular complexity index is 1710. The highest BCUT2D eigenvalue weighted by Gasteiger charge is 2.16. The Balaban J connectivity index is 1.64. The average Bonchev–Trinajstić information content (AvgIpc) is 2.80. The molecule has 34 heavy (non-hydrogen) atoms. The quantitative estimate of drug-likeness (QED) is 0.255. The molecule has 5 rings (SSSR count). The van der Waals surface area contributed by atoms with Crippen molar-refractivity contribution in [2.75, 3.05) is 0 Å². The predicted molar refractivity (Wildman–Crippen MR) is 138 cm³/mol. The molecule has 0 aliphatic heterocycles. The molecule has 0 radical (unpaired) electrons. The zero-order chi connectivity index (χ0) is 24.0. The van der Waals surface area contributed by atoms with Crippen LogP contribution in [0.3, 0.4) is 0 Å². The van der Waals surface area contributed by atoms with E-state index in [1.165, 1.54) is 22.2 Å². The fraction of sp³-hybridized carbons (Fsp3) is 0.154. The van der Waals surface area contributed by atoms with Crippen LogP contribution in [0.5, 0.6) is 0 Å². The number of nitrogens with zero attached hydrogens (tertiary/aromatic N) is 4. The molecule has 2 aromatic carbocycles. The zero-order valence-electron chi connectivity index (χ0n) is 18.9. The van der Waals surface area contributed by atoms with E-state index in [0.717, 1.165) is 22.4 Å². The van der Waals surface area contributed by atoms with Crippen molar-refractivity contribution in [3.63, 3.8) is 0 Å². The summed E-state index contributed by atoms with van der Waals surface area (Å²) in [5.41, 5.74) is 5.26. The molecule has 0 unspecified atom stereocenters. The van der Waals surface area contributed by atoms with Crippen molar-refractivity contribution in [3.05, 3.63) is 109 Å². The second kappa shape index (κ2) is 8.74. The van der Waals surface area contributed by atoms with Gasteiger partial charge in [0, 0.05) is 23.0 Å². The van der Waals surface area contributed by atoms with Gasteiger partial charge >= 0.3 is 0 Å². The van der Waals surface area contributed by atoms with Crippen LogP contribution < -0.4 is 11.1 Å². The van der Waals surface area contributed by atoms with Crippen molar-refractivity contribution in [2.45, 2.75) is 31.7 Å². The van der Waals surface area contributed by atoms with Crippen LogP contribution in [0, 0.1) is 20.8 Å². The van der Waals surface area contributed by atoms with Gasteiger partial charge in [0.1, 0.15) is 5.65 Å². The van der Waals surface area contributed by atoms with Gasteiger partial charge < -0.3 is 0 Å². The molecule has 0 amide bonds. The molecule has 5 aromatic rings. The lowest BCUT2D eigenvalue weighted by molar-refractivity contribution is 0.812. The number of rotatable bonds is 4. The molecule has 0 spiro atoms. The summed E-state index contributed by atoms with van der Waals surface area (Å²) in [5, 5.41) is 1.52. The Morgan fingerprint density at radius 1 is 0.971 bits per heavy atom. The number of pyridine rings is 1. The van der Waals surface area contributed by atoms with Crippen molar-refractivity contribution in [3.8, 4) is 5.69 Å². The van der Waals surface area contributed by atoms with Gasteiger partial charge in [-0.25, -0.2) is 9.97 Å². The van der Waals surface area contributed by atoms with Gasteiger partial charge in [-0.2, -0.15) is 0 Å². The topological polar surface area (TPSA) is 69.3 Å². The van der Waals surface area contributed by atoms with Crippen molar-refractivity contribution < 1.29 is 0 Å². The maximum Gasteiger partial charge on any atom is 0.266 e. The predicted octanol–water partition coefficient (Wildman–Crippen LogP) is 5.26. The summed E-state index contributed by atoms with van der Waals surface area (Å²) < 4.78 is 3.17. The molecule has 0 aliphatic carbocycles. The monoisotopic (exact) mass is 488 g/mol. The van der Waals surface area contributed by atoms with Crippen molar-refractivity contribution in [1.29, 1.82) is 0 Å². The maximum atomic E-state index is 13.6. The van der Waals surface area contributed by atoms with Gasteiger partial charge in [0.05, 0.1) is 22.3 Å². The molecule has 170 valence electrons. The van der Waals surface area contributed by atoms with E-state index in [-0.39, 0.29) is 11.1 Å². The van der Waals surface area contributed by atoms with Gasteiger partial charge in [-0.05, 0) is 67.8 Å². The SMILES string of the molecule is Cc1ccc2nc(CSc3nc4cc(Cl)ccc4c(=O)n3-c3cccc(C)c3C)cc(=O)n2c1. The van der Waals surface area contributed by atoms with E-state index in [4.69, 9.17) is 16.6 Å². The Labute approximate surface area is 204 Å². The van der Waals surface area contributed by atoms with Gasteiger partial charge in [-0.1, -0.05) is 41.6 Å². The summed E-state index contributed by atoms with van der Waals surface area (Å²) >= 11 is 7.54. The van der Waals surface area contributed by atoms with Crippen LogP contribution in [-0.2, 0) is 5.75 Å². The number of hydrogen-bond acceptors (Lipinski definition) is 5. The molecule has 0 saturated carbocycles. The molecule has 0 fully saturated rings. The standard InChI is InChI=1S/C26H21ClN4O2S/c1-15-7-10-23-28-19(12-24(32)30(23)13-15)14-34-26-29-21-11-18(27)8-9-20(21)25(33)31(26)22-6-4-5-16(2)17(22)3/h4-13H,14H2,1-3H3. The molecule has 3 aromatic heterocycles. The number of aromatic nitrogens is 4. The van der Waals surface area contributed by atoms with Crippen LogP contribution in [-0.4, -0.2) is 18.9 Å². The first-order valence-corrected chi connectivity index (χ1v) is 12.1. The third-order valence-corrected chi connectivity index (χ3v) is 7.03. The second-order valence-electron chi connectivity index (χ2n) is 8.22. The van der Waals surface area contributed by atoms with E-state index in [2.05, 4.69) is 4.98 Å². The number of aryl methyl sites for hydroxylation is 2. The van der Waals surface area contributed by atoms with E-state index in [1.807, 2.05) is 51.1 Å². The van der Waals surface area contributed by atoms with Gasteiger partial charge in [0.15, 0.2) is 5.16 Å². The van der Waals surface area contributed by atoms with Crippen LogP contribution in [0.15, 0.2) is 75.5 Å². The number of halogens is 1. The molecule has 0 aliphatic rings. The second-order valence-corrected chi connectivity index (χ2v) is 9.60. The van der Waals surface area contributed by atoms with Crippen LogP contribution in [0.2, 0.25) is 5.02 Å². The molecule has 3 heterocycles. The summed E-state index contributed by atoms with van der Waals surface area (Å²) in [6.45, 7) is 5.93. The lowest BCUT2D eigenvalue weighted by Crippen LogP contribution is -2.23. The van der Waals surface area contributed by atoms with Crippen LogP contribution in [0.4, 0.5) is 0 Å². The summed E-state index contributed by atoms with van der Waals surface area (Å²) in [6, 6.07) is 16.2. The largest absolute Gasteiger partial charge is 0.269 e. The first kappa shape index (κ1) is 22.4. The van der Waals surface area contributed by atoms with Gasteiger partial charge in [0.25, 0.3) is 11.1 Å². The van der Waals surface area contributed by atoms with Gasteiger partial charge in [0.2, 0.25) is 0 Å². The Morgan fingerprint density at radius 3 is 2.62 bits per heavy atom. The molecule has 0 atom stereocenters. The fourth-order valence-corrected chi connectivity index (χ4v) is 4.96. The molecule has 8 heteroatoms. The lowest BCUT2D eigenvalue weighted by Gasteiger charge is -2.16. The van der Waals surface area contributed by atoms with Crippen molar-refractivity contribution in [1.82, 2.24) is 18.9 Å². The molecule has 0 bridgehead atoms. The normalized spacial score (nSPS) is 11.4. The minimum Gasteiger partial charge on any atom is -0.269 e. The van der Waals surface area contributed by atoms with Crippen molar-refractivity contribution >= 4 is 39.9 Å². The Kier molecular flexibility index (Phi) is 5.75. The fourth-order valence-electron chi connectivity index (χ4n) is 3.90. The van der Waals surface area contributed by atoms with E-state index in [9.17, 15) is 9.59 Å². The first-order valence-electron chi connectivity index (χ1n) is 10.7. The smallest absolute Gasteiger partial charge is 0.266 e.